The zero-order valence-electron chi connectivity index (χ0n) is 14.4. The molecular formula is C20H18N2O3S. The first-order chi connectivity index (χ1) is 12.6. The van der Waals surface area contributed by atoms with Crippen molar-refractivity contribution in [2.24, 2.45) is 5.92 Å². The molecule has 132 valence electrons. The van der Waals surface area contributed by atoms with Crippen LogP contribution in [0.1, 0.15) is 57.8 Å². The largest absolute Gasteiger partial charge is 0.453 e. The predicted octanol–water partition coefficient (Wildman–Crippen LogP) is 3.98. The van der Waals surface area contributed by atoms with Gasteiger partial charge in [0, 0.05) is 10.4 Å². The highest BCUT2D eigenvalue weighted by molar-refractivity contribution is 7.16. The van der Waals surface area contributed by atoms with Crippen LogP contribution in [-0.4, -0.2) is 11.9 Å². The number of amides is 1. The van der Waals surface area contributed by atoms with Gasteiger partial charge < -0.3 is 10.1 Å². The summed E-state index contributed by atoms with van der Waals surface area (Å²) in [5.74, 6) is -0.0371. The Balaban J connectivity index is 1.52. The van der Waals surface area contributed by atoms with Gasteiger partial charge in [0.05, 0.1) is 17.5 Å². The summed E-state index contributed by atoms with van der Waals surface area (Å²) in [5.41, 5.74) is 2.94. The number of benzene rings is 1. The van der Waals surface area contributed by atoms with Crippen molar-refractivity contribution in [2.45, 2.75) is 38.7 Å². The second kappa shape index (κ2) is 6.58. The van der Waals surface area contributed by atoms with Gasteiger partial charge in [0.2, 0.25) is 5.91 Å². The molecule has 1 aromatic heterocycles. The van der Waals surface area contributed by atoms with Crippen LogP contribution in [0.25, 0.3) is 0 Å². The molecule has 1 amide bonds. The first-order valence-corrected chi connectivity index (χ1v) is 9.53. The van der Waals surface area contributed by atoms with Crippen molar-refractivity contribution in [3.8, 4) is 6.07 Å². The molecule has 1 aromatic carbocycles. The van der Waals surface area contributed by atoms with Gasteiger partial charge in [0.15, 0.2) is 0 Å². The van der Waals surface area contributed by atoms with Crippen molar-refractivity contribution in [3.63, 3.8) is 0 Å². The van der Waals surface area contributed by atoms with Crippen molar-refractivity contribution in [2.75, 3.05) is 5.32 Å². The van der Waals surface area contributed by atoms with Crippen LogP contribution in [0.4, 0.5) is 5.00 Å². The summed E-state index contributed by atoms with van der Waals surface area (Å²) in [4.78, 5) is 25.6. The molecule has 0 fully saturated rings. The Kier molecular flexibility index (Phi) is 4.25. The lowest BCUT2D eigenvalue weighted by molar-refractivity contribution is -0.118. The lowest BCUT2D eigenvalue weighted by atomic mass is 9.88. The lowest BCUT2D eigenvalue weighted by Gasteiger charge is -2.17. The molecule has 0 saturated heterocycles. The molecule has 0 bridgehead atoms. The van der Waals surface area contributed by atoms with Crippen LogP contribution in [0.2, 0.25) is 0 Å². The van der Waals surface area contributed by atoms with Gasteiger partial charge in [-0.2, -0.15) is 5.26 Å². The fourth-order valence-electron chi connectivity index (χ4n) is 3.67. The van der Waals surface area contributed by atoms with Crippen LogP contribution in [0.3, 0.4) is 0 Å². The first-order valence-electron chi connectivity index (χ1n) is 8.71. The van der Waals surface area contributed by atoms with E-state index in [0.29, 0.717) is 22.0 Å². The number of nitriles is 1. The second-order valence-corrected chi connectivity index (χ2v) is 8.01. The van der Waals surface area contributed by atoms with Crippen molar-refractivity contribution in [1.29, 1.82) is 5.26 Å². The Morgan fingerprint density at radius 1 is 1.42 bits per heavy atom. The summed E-state index contributed by atoms with van der Waals surface area (Å²) in [7, 11) is 0. The molecule has 4 rings (SSSR count). The Morgan fingerprint density at radius 3 is 3.04 bits per heavy atom. The SMILES string of the molecule is CC1CCc2c(sc(NC(=O)CC3OC(=O)c4ccccc43)c2C#N)C1. The second-order valence-electron chi connectivity index (χ2n) is 6.90. The summed E-state index contributed by atoms with van der Waals surface area (Å²) >= 11 is 1.50. The highest BCUT2D eigenvalue weighted by atomic mass is 32.1. The topological polar surface area (TPSA) is 79.2 Å². The molecule has 6 heteroatoms. The van der Waals surface area contributed by atoms with Gasteiger partial charge in [-0.3, -0.25) is 4.79 Å². The monoisotopic (exact) mass is 366 g/mol. The van der Waals surface area contributed by atoms with E-state index in [-0.39, 0.29) is 12.3 Å². The lowest BCUT2D eigenvalue weighted by Crippen LogP contribution is -2.15. The van der Waals surface area contributed by atoms with E-state index in [9.17, 15) is 14.9 Å². The molecule has 5 nitrogen and oxygen atoms in total. The van der Waals surface area contributed by atoms with Crippen LogP contribution < -0.4 is 5.32 Å². The van der Waals surface area contributed by atoms with Crippen LogP contribution in [0, 0.1) is 17.2 Å². The number of carbonyl (C=O) groups is 2. The third-order valence-electron chi connectivity index (χ3n) is 5.02. The van der Waals surface area contributed by atoms with Gasteiger partial charge in [0.1, 0.15) is 17.2 Å². The number of cyclic esters (lactones) is 1. The van der Waals surface area contributed by atoms with E-state index in [1.807, 2.05) is 12.1 Å². The molecule has 0 saturated carbocycles. The number of fused-ring (bicyclic) bond motifs is 2. The fourth-order valence-corrected chi connectivity index (χ4v) is 5.05. The van der Waals surface area contributed by atoms with Gasteiger partial charge in [-0.1, -0.05) is 25.1 Å². The summed E-state index contributed by atoms with van der Waals surface area (Å²) in [6.45, 7) is 2.21. The molecule has 1 N–H and O–H groups in total. The number of rotatable bonds is 3. The molecule has 1 aliphatic carbocycles. The summed E-state index contributed by atoms with van der Waals surface area (Å²) < 4.78 is 5.33. The van der Waals surface area contributed by atoms with Crippen molar-refractivity contribution < 1.29 is 14.3 Å². The Morgan fingerprint density at radius 2 is 2.23 bits per heavy atom. The number of esters is 1. The number of carbonyl (C=O) groups excluding carboxylic acids is 2. The highest BCUT2D eigenvalue weighted by Crippen LogP contribution is 2.40. The zero-order valence-corrected chi connectivity index (χ0v) is 15.2. The van der Waals surface area contributed by atoms with Crippen molar-refractivity contribution >= 4 is 28.2 Å². The number of hydrogen-bond donors (Lipinski definition) is 1. The van der Waals surface area contributed by atoms with E-state index in [2.05, 4.69) is 18.3 Å². The molecule has 0 spiro atoms. The fraction of sp³-hybridized carbons (Fsp3) is 0.350. The Hall–Kier alpha value is -2.65. The predicted molar refractivity (Wildman–Crippen MR) is 98.1 cm³/mol. The maximum Gasteiger partial charge on any atom is 0.339 e. The Bertz CT molecular complexity index is 941. The summed E-state index contributed by atoms with van der Waals surface area (Å²) in [6.07, 6.45) is 2.39. The van der Waals surface area contributed by atoms with Crippen molar-refractivity contribution in [3.05, 3.63) is 51.4 Å². The first kappa shape index (κ1) is 16.8. The van der Waals surface area contributed by atoms with E-state index in [1.165, 1.54) is 16.2 Å². The standard InChI is InChI=1S/C20H18N2O3S/c1-11-6-7-13-15(10-21)19(26-17(13)8-11)22-18(23)9-16-12-4-2-3-5-14(12)20(24)25-16/h2-5,11,16H,6-9H2,1H3,(H,22,23). The summed E-state index contributed by atoms with van der Waals surface area (Å²) in [6, 6.07) is 9.37. The van der Waals surface area contributed by atoms with Crippen LogP contribution in [-0.2, 0) is 22.4 Å². The van der Waals surface area contributed by atoms with E-state index < -0.39 is 12.1 Å². The maximum absolute atomic E-state index is 12.5. The van der Waals surface area contributed by atoms with Crippen LogP contribution in [0.15, 0.2) is 24.3 Å². The average Bonchev–Trinajstić information content (AvgIpc) is 3.12. The minimum Gasteiger partial charge on any atom is -0.453 e. The highest BCUT2D eigenvalue weighted by Gasteiger charge is 2.32. The third-order valence-corrected chi connectivity index (χ3v) is 6.19. The minimum atomic E-state index is -0.571. The van der Waals surface area contributed by atoms with Crippen LogP contribution in [0.5, 0.6) is 0 Å². The van der Waals surface area contributed by atoms with E-state index in [4.69, 9.17) is 4.74 Å². The molecule has 2 aliphatic rings. The van der Waals surface area contributed by atoms with Gasteiger partial charge in [-0.15, -0.1) is 11.3 Å². The van der Waals surface area contributed by atoms with Gasteiger partial charge in [-0.05, 0) is 36.8 Å². The van der Waals surface area contributed by atoms with E-state index >= 15 is 0 Å². The van der Waals surface area contributed by atoms with Gasteiger partial charge in [0.25, 0.3) is 0 Å². The smallest absolute Gasteiger partial charge is 0.339 e. The number of nitrogens with zero attached hydrogens (tertiary/aromatic N) is 1. The molecule has 26 heavy (non-hydrogen) atoms. The average molecular weight is 366 g/mol. The number of anilines is 1. The zero-order chi connectivity index (χ0) is 18.3. The normalized spacial score (nSPS) is 20.7. The number of ether oxygens (including phenoxy) is 1. The maximum atomic E-state index is 12.5. The number of thiophene rings is 1. The molecule has 0 radical (unpaired) electrons. The van der Waals surface area contributed by atoms with Crippen molar-refractivity contribution in [1.82, 2.24) is 0 Å². The molecule has 2 aromatic rings. The molecule has 2 heterocycles. The molecule has 2 unspecified atom stereocenters. The van der Waals surface area contributed by atoms with Gasteiger partial charge in [-0.25, -0.2) is 4.79 Å². The Labute approximate surface area is 155 Å². The molecule has 1 aliphatic heterocycles. The van der Waals surface area contributed by atoms with Crippen LogP contribution >= 0.6 is 11.3 Å². The van der Waals surface area contributed by atoms with E-state index in [0.717, 1.165) is 30.4 Å². The van der Waals surface area contributed by atoms with Gasteiger partial charge >= 0.3 is 5.97 Å². The molecular weight excluding hydrogens is 348 g/mol. The number of hydrogen-bond acceptors (Lipinski definition) is 5. The quantitative estimate of drug-likeness (QED) is 0.833. The van der Waals surface area contributed by atoms with E-state index in [1.54, 1.807) is 12.1 Å². The molecule has 2 atom stereocenters. The number of nitrogens with one attached hydrogen (secondary N) is 1. The minimum absolute atomic E-state index is 0.0482. The summed E-state index contributed by atoms with van der Waals surface area (Å²) in [5, 5.41) is 13.0. The third kappa shape index (κ3) is 2.89.